The number of amides is 1. The molecule has 6 nitrogen and oxygen atoms in total. The van der Waals surface area contributed by atoms with Gasteiger partial charge in [0.2, 0.25) is 0 Å². The third kappa shape index (κ3) is 4.81. The van der Waals surface area contributed by atoms with Crippen LogP contribution in [0.25, 0.3) is 11.3 Å². The number of hydrogen-bond donors (Lipinski definition) is 1. The van der Waals surface area contributed by atoms with Crippen molar-refractivity contribution in [3.05, 3.63) is 82.7 Å². The molecule has 0 atom stereocenters. The molecule has 0 unspecified atom stereocenters. The van der Waals surface area contributed by atoms with Crippen molar-refractivity contribution in [2.75, 3.05) is 18.6 Å². The number of aromatic nitrogens is 1. The van der Waals surface area contributed by atoms with Gasteiger partial charge in [-0.05, 0) is 89.1 Å². The van der Waals surface area contributed by atoms with Gasteiger partial charge in [-0.15, -0.1) is 0 Å². The van der Waals surface area contributed by atoms with E-state index in [0.717, 1.165) is 52.6 Å². The van der Waals surface area contributed by atoms with E-state index in [0.29, 0.717) is 5.56 Å². The third-order valence-corrected chi connectivity index (χ3v) is 6.80. The molecule has 1 aliphatic heterocycles. The van der Waals surface area contributed by atoms with Crippen molar-refractivity contribution < 1.29 is 9.53 Å². The summed E-state index contributed by atoms with van der Waals surface area (Å²) in [6.07, 6.45) is 5.01. The van der Waals surface area contributed by atoms with Crippen molar-refractivity contribution in [2.24, 2.45) is 5.10 Å². The highest BCUT2D eigenvalue weighted by molar-refractivity contribution is 5.96. The minimum atomic E-state index is -0.261. The summed E-state index contributed by atoms with van der Waals surface area (Å²) in [5.41, 5.74) is 10.8. The molecule has 4 rings (SSSR count). The Hall–Kier alpha value is -3.80. The fraction of sp³-hybridized carbons (Fsp3) is 0.333. The molecule has 3 aromatic rings. The van der Waals surface area contributed by atoms with Crippen LogP contribution in [0.15, 0.2) is 59.7 Å². The molecule has 1 aromatic heterocycles. The van der Waals surface area contributed by atoms with Gasteiger partial charge in [-0.2, -0.15) is 5.10 Å². The monoisotopic (exact) mass is 484 g/mol. The summed E-state index contributed by atoms with van der Waals surface area (Å²) in [7, 11) is 1.66. The fourth-order valence-electron chi connectivity index (χ4n) is 5.09. The lowest BCUT2D eigenvalue weighted by Crippen LogP contribution is -2.45. The molecule has 2 heterocycles. The van der Waals surface area contributed by atoms with Gasteiger partial charge in [0.1, 0.15) is 5.75 Å². The number of carbonyl (C=O) groups excluding carboxylic acids is 1. The molecular formula is C30H36N4O2. The number of anilines is 1. The number of nitrogens with zero attached hydrogens (tertiary/aromatic N) is 3. The molecule has 0 aliphatic carbocycles. The Morgan fingerprint density at radius 1 is 1.06 bits per heavy atom. The van der Waals surface area contributed by atoms with Crippen LogP contribution < -0.4 is 15.1 Å². The summed E-state index contributed by atoms with van der Waals surface area (Å²) < 4.78 is 7.85. The van der Waals surface area contributed by atoms with Crippen LogP contribution >= 0.6 is 0 Å². The number of allylic oxidation sites excluding steroid dienone is 1. The highest BCUT2D eigenvalue weighted by atomic mass is 16.5. The lowest BCUT2D eigenvalue weighted by atomic mass is 9.87. The second kappa shape index (κ2) is 10.1. The molecule has 0 bridgehead atoms. The SMILES string of the molecule is CCCN1c2cc(OC)c(/C=N\NC(=O)c3ccc(-n4c(C)ccc4C)cc3)cc2C(C)=CC1(C)C. The smallest absolute Gasteiger partial charge is 0.271 e. The molecule has 0 saturated heterocycles. The van der Waals surface area contributed by atoms with Gasteiger partial charge in [0.25, 0.3) is 5.91 Å². The summed E-state index contributed by atoms with van der Waals surface area (Å²) in [5.74, 6) is 0.461. The Bertz CT molecular complexity index is 1310. The van der Waals surface area contributed by atoms with Crippen LogP contribution in [0, 0.1) is 13.8 Å². The van der Waals surface area contributed by atoms with Crippen LogP contribution in [0.3, 0.4) is 0 Å². The van der Waals surface area contributed by atoms with E-state index in [1.807, 2.05) is 24.3 Å². The number of benzene rings is 2. The minimum absolute atomic E-state index is 0.0734. The molecule has 0 fully saturated rings. The van der Waals surface area contributed by atoms with E-state index in [4.69, 9.17) is 4.74 Å². The first-order valence-corrected chi connectivity index (χ1v) is 12.4. The molecule has 36 heavy (non-hydrogen) atoms. The first-order chi connectivity index (χ1) is 17.2. The zero-order valence-corrected chi connectivity index (χ0v) is 22.3. The zero-order chi connectivity index (χ0) is 26.0. The van der Waals surface area contributed by atoms with Gasteiger partial charge in [0.05, 0.1) is 18.9 Å². The summed E-state index contributed by atoms with van der Waals surface area (Å²) >= 11 is 0. The van der Waals surface area contributed by atoms with Crippen LogP contribution in [0.5, 0.6) is 5.75 Å². The number of methoxy groups -OCH3 is 1. The van der Waals surface area contributed by atoms with E-state index in [-0.39, 0.29) is 11.4 Å². The van der Waals surface area contributed by atoms with Gasteiger partial charge in [-0.3, -0.25) is 4.79 Å². The number of ether oxygens (including phenoxy) is 1. The molecule has 0 saturated carbocycles. The molecule has 1 amide bonds. The van der Waals surface area contributed by atoms with Crippen LogP contribution in [0.2, 0.25) is 0 Å². The molecule has 2 aromatic carbocycles. The van der Waals surface area contributed by atoms with Gasteiger partial charge in [-0.1, -0.05) is 13.0 Å². The Morgan fingerprint density at radius 2 is 1.72 bits per heavy atom. The Labute approximate surface area is 214 Å². The fourth-order valence-corrected chi connectivity index (χ4v) is 5.09. The predicted molar refractivity (Wildman–Crippen MR) is 149 cm³/mol. The Kier molecular flexibility index (Phi) is 7.07. The van der Waals surface area contributed by atoms with Crippen molar-refractivity contribution in [3.8, 4) is 11.4 Å². The second-order valence-corrected chi connectivity index (χ2v) is 9.94. The van der Waals surface area contributed by atoms with Crippen molar-refractivity contribution in [1.29, 1.82) is 0 Å². The topological polar surface area (TPSA) is 58.9 Å². The lowest BCUT2D eigenvalue weighted by molar-refractivity contribution is 0.0955. The quantitative estimate of drug-likeness (QED) is 0.317. The summed E-state index contributed by atoms with van der Waals surface area (Å²) in [6.45, 7) is 13.9. The largest absolute Gasteiger partial charge is 0.496 e. The van der Waals surface area contributed by atoms with Gasteiger partial charge in [-0.25, -0.2) is 5.43 Å². The van der Waals surface area contributed by atoms with Gasteiger partial charge in [0, 0.05) is 52.1 Å². The summed E-state index contributed by atoms with van der Waals surface area (Å²) in [6, 6.07) is 15.9. The van der Waals surface area contributed by atoms with Crippen molar-refractivity contribution >= 4 is 23.4 Å². The molecule has 0 radical (unpaired) electrons. The first kappa shape index (κ1) is 25.3. The van der Waals surface area contributed by atoms with Crippen molar-refractivity contribution in [1.82, 2.24) is 9.99 Å². The maximum atomic E-state index is 12.7. The Balaban J connectivity index is 1.54. The minimum Gasteiger partial charge on any atom is -0.496 e. The van der Waals surface area contributed by atoms with E-state index in [2.05, 4.69) is 91.9 Å². The lowest BCUT2D eigenvalue weighted by Gasteiger charge is -2.43. The molecular weight excluding hydrogens is 448 g/mol. The second-order valence-electron chi connectivity index (χ2n) is 9.94. The van der Waals surface area contributed by atoms with E-state index < -0.39 is 0 Å². The average molecular weight is 485 g/mol. The summed E-state index contributed by atoms with van der Waals surface area (Å²) in [5, 5.41) is 4.24. The van der Waals surface area contributed by atoms with Crippen LogP contribution in [-0.4, -0.2) is 35.9 Å². The van der Waals surface area contributed by atoms with Crippen LogP contribution in [0.4, 0.5) is 5.69 Å². The standard InChI is InChI=1S/C30H36N4O2/c1-8-15-33-27-17-28(36-7)24(16-26(27)20(2)18-30(33,5)6)19-31-32-29(35)23-11-13-25(14-12-23)34-21(3)9-10-22(34)4/h9-14,16-19H,8,15H2,1-7H3,(H,32,35)/b31-19-. The molecule has 188 valence electrons. The maximum Gasteiger partial charge on any atom is 0.271 e. The molecule has 1 N–H and O–H groups in total. The van der Waals surface area contributed by atoms with Crippen molar-refractivity contribution in [3.63, 3.8) is 0 Å². The van der Waals surface area contributed by atoms with E-state index in [1.165, 1.54) is 5.57 Å². The molecule has 6 heteroatoms. The maximum absolute atomic E-state index is 12.7. The van der Waals surface area contributed by atoms with Crippen molar-refractivity contribution in [2.45, 2.75) is 53.5 Å². The van der Waals surface area contributed by atoms with E-state index in [1.54, 1.807) is 13.3 Å². The van der Waals surface area contributed by atoms with Gasteiger partial charge in [0.15, 0.2) is 0 Å². The van der Waals surface area contributed by atoms with E-state index >= 15 is 0 Å². The predicted octanol–water partition coefficient (Wildman–Crippen LogP) is 6.28. The first-order valence-electron chi connectivity index (χ1n) is 12.4. The Morgan fingerprint density at radius 3 is 2.33 bits per heavy atom. The number of carbonyl (C=O) groups is 1. The highest BCUT2D eigenvalue weighted by Crippen LogP contribution is 2.41. The molecule has 0 spiro atoms. The number of rotatable bonds is 7. The number of fused-ring (bicyclic) bond motifs is 1. The number of hydrogen-bond acceptors (Lipinski definition) is 4. The zero-order valence-electron chi connectivity index (χ0n) is 22.3. The highest BCUT2D eigenvalue weighted by Gasteiger charge is 2.31. The summed E-state index contributed by atoms with van der Waals surface area (Å²) in [4.78, 5) is 15.1. The average Bonchev–Trinajstić information content (AvgIpc) is 3.18. The van der Waals surface area contributed by atoms with E-state index in [9.17, 15) is 4.79 Å². The van der Waals surface area contributed by atoms with Crippen LogP contribution in [0.1, 0.15) is 67.0 Å². The van der Waals surface area contributed by atoms with Crippen LogP contribution in [-0.2, 0) is 0 Å². The number of hydrazone groups is 1. The number of nitrogens with one attached hydrogen (secondary N) is 1. The molecule has 1 aliphatic rings. The van der Waals surface area contributed by atoms with Gasteiger partial charge >= 0.3 is 0 Å². The van der Waals surface area contributed by atoms with Gasteiger partial charge < -0.3 is 14.2 Å². The third-order valence-electron chi connectivity index (χ3n) is 6.80. The normalized spacial score (nSPS) is 14.5. The number of aryl methyl sites for hydroxylation is 2.